The number of likely N-dealkylation sites (tertiary alicyclic amines) is 1. The third-order valence-electron chi connectivity index (χ3n) is 6.79. The van der Waals surface area contributed by atoms with Crippen LogP contribution in [-0.2, 0) is 4.74 Å². The highest BCUT2D eigenvalue weighted by atomic mass is 127. The summed E-state index contributed by atoms with van der Waals surface area (Å²) in [6, 6.07) is 8.68. The molecule has 2 aliphatic rings. The zero-order valence-corrected chi connectivity index (χ0v) is 21.0. The Morgan fingerprint density at radius 2 is 1.79 bits per heavy atom. The van der Waals surface area contributed by atoms with Crippen LogP contribution in [0.2, 0.25) is 0 Å². The molecule has 2 fully saturated rings. The number of halogens is 1. The lowest BCUT2D eigenvalue weighted by atomic mass is 9.65. The highest BCUT2D eigenvalue weighted by Gasteiger charge is 2.53. The van der Waals surface area contributed by atoms with Gasteiger partial charge in [-0.15, -0.1) is 24.0 Å². The largest absolute Gasteiger partial charge is 0.497 e. The Balaban J connectivity index is 0.00000300. The summed E-state index contributed by atoms with van der Waals surface area (Å²) < 4.78 is 10.9. The van der Waals surface area contributed by atoms with Crippen molar-refractivity contribution in [2.45, 2.75) is 39.3 Å². The van der Waals surface area contributed by atoms with Crippen LogP contribution >= 0.6 is 24.0 Å². The summed E-state index contributed by atoms with van der Waals surface area (Å²) in [4.78, 5) is 9.46. The number of nitrogens with zero attached hydrogens (tertiary/aromatic N) is 3. The monoisotopic (exact) mass is 516 g/mol. The van der Waals surface area contributed by atoms with Crippen LogP contribution < -0.4 is 10.1 Å². The second kappa shape index (κ2) is 9.83. The van der Waals surface area contributed by atoms with Crippen LogP contribution in [0.3, 0.4) is 0 Å². The lowest BCUT2D eigenvalue weighted by Crippen LogP contribution is -2.72. The number of benzene rings is 1. The van der Waals surface area contributed by atoms with Crippen LogP contribution in [-0.4, -0.2) is 74.8 Å². The van der Waals surface area contributed by atoms with Crippen molar-refractivity contribution in [2.75, 3.05) is 53.6 Å². The van der Waals surface area contributed by atoms with Crippen LogP contribution in [0.15, 0.2) is 29.3 Å². The molecule has 2 saturated heterocycles. The van der Waals surface area contributed by atoms with Gasteiger partial charge < -0.3 is 19.7 Å². The molecule has 0 saturated carbocycles. The molecule has 0 bridgehead atoms. The van der Waals surface area contributed by atoms with Gasteiger partial charge in [0.05, 0.1) is 26.4 Å². The summed E-state index contributed by atoms with van der Waals surface area (Å²) in [5, 5.41) is 3.65. The van der Waals surface area contributed by atoms with Crippen molar-refractivity contribution in [2.24, 2.45) is 10.4 Å². The first-order valence-electron chi connectivity index (χ1n) is 10.2. The minimum absolute atomic E-state index is 0. The van der Waals surface area contributed by atoms with Crippen LogP contribution in [0.25, 0.3) is 0 Å². The normalized spacial score (nSPS) is 22.3. The van der Waals surface area contributed by atoms with Crippen LogP contribution in [0.5, 0.6) is 5.75 Å². The number of aliphatic imine (C=N–C) groups is 1. The third-order valence-corrected chi connectivity index (χ3v) is 6.79. The zero-order valence-electron chi connectivity index (χ0n) is 18.7. The van der Waals surface area contributed by atoms with E-state index in [1.54, 1.807) is 7.11 Å². The fraction of sp³-hybridized carbons (Fsp3) is 0.682. The predicted octanol–water partition coefficient (Wildman–Crippen LogP) is 3.38. The van der Waals surface area contributed by atoms with Crippen molar-refractivity contribution >= 4 is 29.9 Å². The van der Waals surface area contributed by atoms with Crippen LogP contribution in [0.1, 0.15) is 39.3 Å². The second-order valence-electron chi connectivity index (χ2n) is 8.89. The molecule has 7 heteroatoms. The van der Waals surface area contributed by atoms with E-state index in [0.29, 0.717) is 0 Å². The average molecular weight is 516 g/mol. The fourth-order valence-corrected chi connectivity index (χ4v) is 4.06. The van der Waals surface area contributed by atoms with Crippen molar-refractivity contribution in [3.05, 3.63) is 29.8 Å². The molecule has 164 valence electrons. The first-order chi connectivity index (χ1) is 13.3. The van der Waals surface area contributed by atoms with Gasteiger partial charge in [0.25, 0.3) is 0 Å². The predicted molar refractivity (Wildman–Crippen MR) is 129 cm³/mol. The summed E-state index contributed by atoms with van der Waals surface area (Å²) in [6.07, 6.45) is 0. The van der Waals surface area contributed by atoms with E-state index in [0.717, 1.165) is 51.1 Å². The van der Waals surface area contributed by atoms with Crippen molar-refractivity contribution < 1.29 is 9.47 Å². The highest BCUT2D eigenvalue weighted by molar-refractivity contribution is 14.0. The van der Waals surface area contributed by atoms with Crippen molar-refractivity contribution in [1.29, 1.82) is 0 Å². The molecule has 1 unspecified atom stereocenters. The van der Waals surface area contributed by atoms with E-state index in [-0.39, 0.29) is 41.0 Å². The summed E-state index contributed by atoms with van der Waals surface area (Å²) in [6.45, 7) is 14.5. The molecule has 29 heavy (non-hydrogen) atoms. The Morgan fingerprint density at radius 1 is 1.17 bits per heavy atom. The van der Waals surface area contributed by atoms with E-state index in [2.05, 4.69) is 59.9 Å². The zero-order chi connectivity index (χ0) is 20.4. The number of rotatable bonds is 5. The molecule has 6 nitrogen and oxygen atoms in total. The number of morpholine rings is 1. The van der Waals surface area contributed by atoms with Gasteiger partial charge in [-0.25, -0.2) is 0 Å². The molecule has 1 N–H and O–H groups in total. The van der Waals surface area contributed by atoms with E-state index >= 15 is 0 Å². The lowest BCUT2D eigenvalue weighted by Gasteiger charge is -2.62. The van der Waals surface area contributed by atoms with E-state index in [1.165, 1.54) is 5.56 Å². The van der Waals surface area contributed by atoms with Gasteiger partial charge in [0, 0.05) is 44.2 Å². The molecule has 1 atom stereocenters. The SMILES string of the molecule is CN=C(NCC(c1ccc(OC)cc1)N1CCOCC1)N1CC(C)(C)C1(C)C.I. The van der Waals surface area contributed by atoms with E-state index in [9.17, 15) is 0 Å². The topological polar surface area (TPSA) is 49.3 Å². The Hall–Kier alpha value is -1.06. The van der Waals surface area contributed by atoms with Gasteiger partial charge in [0.1, 0.15) is 5.75 Å². The molecule has 0 aliphatic carbocycles. The minimum Gasteiger partial charge on any atom is -0.497 e. The van der Waals surface area contributed by atoms with Crippen LogP contribution in [0.4, 0.5) is 0 Å². The Labute approximate surface area is 193 Å². The summed E-state index contributed by atoms with van der Waals surface area (Å²) >= 11 is 0. The molecule has 0 aromatic heterocycles. The Kier molecular flexibility index (Phi) is 8.21. The average Bonchev–Trinajstić information content (AvgIpc) is 2.71. The van der Waals surface area contributed by atoms with Gasteiger partial charge in [-0.1, -0.05) is 26.0 Å². The molecule has 2 aliphatic heterocycles. The van der Waals surface area contributed by atoms with E-state index < -0.39 is 0 Å². The van der Waals surface area contributed by atoms with Crippen LogP contribution in [0, 0.1) is 5.41 Å². The minimum atomic E-state index is 0. The lowest BCUT2D eigenvalue weighted by molar-refractivity contribution is -0.0670. The molecule has 1 aromatic carbocycles. The number of ether oxygens (including phenoxy) is 2. The van der Waals surface area contributed by atoms with Crippen molar-refractivity contribution in [3.8, 4) is 5.75 Å². The Morgan fingerprint density at radius 3 is 2.28 bits per heavy atom. The smallest absolute Gasteiger partial charge is 0.194 e. The number of hydrogen-bond acceptors (Lipinski definition) is 4. The molecule has 0 amide bonds. The summed E-state index contributed by atoms with van der Waals surface area (Å²) in [5.41, 5.74) is 1.65. The maximum atomic E-state index is 5.57. The number of guanidine groups is 1. The Bertz CT molecular complexity index is 685. The first kappa shape index (κ1) is 24.2. The van der Waals surface area contributed by atoms with Crippen molar-refractivity contribution in [1.82, 2.24) is 15.1 Å². The van der Waals surface area contributed by atoms with E-state index in [4.69, 9.17) is 9.47 Å². The molecular weight excluding hydrogens is 479 g/mol. The van der Waals surface area contributed by atoms with Gasteiger partial charge in [-0.05, 0) is 31.5 Å². The summed E-state index contributed by atoms with van der Waals surface area (Å²) in [7, 11) is 3.58. The quantitative estimate of drug-likeness (QED) is 0.370. The number of nitrogens with one attached hydrogen (secondary N) is 1. The van der Waals surface area contributed by atoms with E-state index in [1.807, 2.05) is 19.2 Å². The molecule has 3 rings (SSSR count). The molecule has 1 aromatic rings. The standard InChI is InChI=1S/C22H36N4O2.HI/c1-21(2)16-26(22(21,3)4)20(23-5)24-15-19(25-11-13-28-14-12-25)17-7-9-18(27-6)10-8-17;/h7-10,19H,11-16H2,1-6H3,(H,23,24);1H. The number of methoxy groups -OCH3 is 1. The molecule has 0 spiro atoms. The highest BCUT2D eigenvalue weighted by Crippen LogP contribution is 2.46. The van der Waals surface area contributed by atoms with Gasteiger partial charge in [0.15, 0.2) is 5.96 Å². The fourth-order valence-electron chi connectivity index (χ4n) is 4.06. The first-order valence-corrected chi connectivity index (χ1v) is 10.2. The molecular formula is C22H37IN4O2. The van der Waals surface area contributed by atoms with Crippen molar-refractivity contribution in [3.63, 3.8) is 0 Å². The molecule has 2 heterocycles. The molecule has 0 radical (unpaired) electrons. The van der Waals surface area contributed by atoms with Gasteiger partial charge in [0.2, 0.25) is 0 Å². The maximum Gasteiger partial charge on any atom is 0.194 e. The second-order valence-corrected chi connectivity index (χ2v) is 8.89. The summed E-state index contributed by atoms with van der Waals surface area (Å²) in [5.74, 6) is 1.87. The van der Waals surface area contributed by atoms with Gasteiger partial charge in [-0.2, -0.15) is 0 Å². The number of hydrogen-bond donors (Lipinski definition) is 1. The van der Waals surface area contributed by atoms with Gasteiger partial charge >= 0.3 is 0 Å². The van der Waals surface area contributed by atoms with Gasteiger partial charge in [-0.3, -0.25) is 9.89 Å². The third kappa shape index (κ3) is 4.99. The maximum absolute atomic E-state index is 5.57.